The minimum atomic E-state index is -0.425. The van der Waals surface area contributed by atoms with E-state index in [1.165, 1.54) is 0 Å². The zero-order valence-corrected chi connectivity index (χ0v) is 14.6. The number of rotatable bonds is 9. The lowest BCUT2D eigenvalue weighted by Crippen LogP contribution is -2.31. The van der Waals surface area contributed by atoms with Crippen LogP contribution in [0.4, 0.5) is 0 Å². The van der Waals surface area contributed by atoms with E-state index in [1.54, 1.807) is 0 Å². The molecule has 1 aliphatic heterocycles. The van der Waals surface area contributed by atoms with Gasteiger partial charge in [-0.05, 0) is 12.8 Å². The van der Waals surface area contributed by atoms with Crippen molar-refractivity contribution in [2.75, 3.05) is 26.2 Å². The summed E-state index contributed by atoms with van der Waals surface area (Å²) in [5.41, 5.74) is 0.219. The van der Waals surface area contributed by atoms with E-state index in [0.717, 1.165) is 25.7 Å². The SMILES string of the molecule is CCCCN(CCCC)C(=C(Cl)Cl)C(=C1NCCN1)[N+](=O)[O-]. The maximum absolute atomic E-state index is 11.6. The summed E-state index contributed by atoms with van der Waals surface area (Å²) in [6.07, 6.45) is 3.85. The van der Waals surface area contributed by atoms with Crippen LogP contribution >= 0.6 is 23.2 Å². The molecule has 8 heteroatoms. The molecule has 126 valence electrons. The third kappa shape index (κ3) is 5.25. The number of unbranched alkanes of at least 4 members (excludes halogenated alkanes) is 2. The number of hydrogen-bond donors (Lipinski definition) is 2. The molecule has 0 radical (unpaired) electrons. The van der Waals surface area contributed by atoms with E-state index in [-0.39, 0.29) is 10.2 Å². The molecule has 22 heavy (non-hydrogen) atoms. The van der Waals surface area contributed by atoms with Crippen molar-refractivity contribution in [1.29, 1.82) is 0 Å². The third-order valence-electron chi connectivity index (χ3n) is 3.43. The van der Waals surface area contributed by atoms with Crippen LogP contribution in [0.15, 0.2) is 21.7 Å². The molecule has 0 amide bonds. The zero-order chi connectivity index (χ0) is 16.5. The quantitative estimate of drug-likeness (QED) is 0.493. The molecule has 1 heterocycles. The fourth-order valence-electron chi connectivity index (χ4n) is 2.29. The van der Waals surface area contributed by atoms with Crippen LogP contribution in [0.1, 0.15) is 39.5 Å². The Morgan fingerprint density at radius 1 is 1.18 bits per heavy atom. The van der Waals surface area contributed by atoms with Gasteiger partial charge in [-0.3, -0.25) is 10.1 Å². The molecule has 2 N–H and O–H groups in total. The van der Waals surface area contributed by atoms with Gasteiger partial charge in [0.05, 0.1) is 4.92 Å². The van der Waals surface area contributed by atoms with Gasteiger partial charge in [0.15, 0.2) is 11.5 Å². The molecular weight excluding hydrogens is 327 g/mol. The molecule has 0 aliphatic carbocycles. The van der Waals surface area contributed by atoms with Gasteiger partial charge in [0.1, 0.15) is 4.49 Å². The third-order valence-corrected chi connectivity index (χ3v) is 3.79. The lowest BCUT2D eigenvalue weighted by molar-refractivity contribution is -0.424. The second-order valence-corrected chi connectivity index (χ2v) is 6.09. The van der Waals surface area contributed by atoms with Crippen molar-refractivity contribution < 1.29 is 4.92 Å². The first-order chi connectivity index (χ1) is 10.5. The minimum absolute atomic E-state index is 0.0677. The topological polar surface area (TPSA) is 70.4 Å². The summed E-state index contributed by atoms with van der Waals surface area (Å²) in [4.78, 5) is 13.1. The molecule has 6 nitrogen and oxygen atoms in total. The second kappa shape index (κ2) is 9.79. The lowest BCUT2D eigenvalue weighted by Gasteiger charge is -2.26. The molecule has 0 unspecified atom stereocenters. The molecule has 1 fully saturated rings. The van der Waals surface area contributed by atoms with Gasteiger partial charge in [-0.2, -0.15) is 0 Å². The molecule has 0 aromatic rings. The molecule has 1 saturated heterocycles. The Morgan fingerprint density at radius 2 is 1.68 bits per heavy atom. The van der Waals surface area contributed by atoms with Crippen LogP contribution in [0, 0.1) is 10.1 Å². The van der Waals surface area contributed by atoms with Crippen LogP contribution in [0.25, 0.3) is 0 Å². The highest BCUT2D eigenvalue weighted by Gasteiger charge is 2.32. The first-order valence-electron chi connectivity index (χ1n) is 7.69. The van der Waals surface area contributed by atoms with E-state index in [0.29, 0.717) is 37.7 Å². The van der Waals surface area contributed by atoms with Gasteiger partial charge in [-0.25, -0.2) is 0 Å². The zero-order valence-electron chi connectivity index (χ0n) is 13.1. The Kier molecular flexibility index (Phi) is 8.42. The van der Waals surface area contributed by atoms with Crippen LogP contribution in [-0.2, 0) is 0 Å². The molecule has 0 spiro atoms. The van der Waals surface area contributed by atoms with Crippen molar-refractivity contribution >= 4 is 23.2 Å². The van der Waals surface area contributed by atoms with Gasteiger partial charge < -0.3 is 15.5 Å². The number of nitro groups is 1. The molecule has 0 bridgehead atoms. The van der Waals surface area contributed by atoms with Crippen LogP contribution in [0.3, 0.4) is 0 Å². The smallest absolute Gasteiger partial charge is 0.334 e. The summed E-state index contributed by atoms with van der Waals surface area (Å²) in [5, 5.41) is 17.6. The van der Waals surface area contributed by atoms with E-state index in [2.05, 4.69) is 24.5 Å². The highest BCUT2D eigenvalue weighted by atomic mass is 35.5. The number of halogens is 2. The van der Waals surface area contributed by atoms with Gasteiger partial charge in [-0.15, -0.1) is 0 Å². The fraction of sp³-hybridized carbons (Fsp3) is 0.714. The Labute approximate surface area is 141 Å². The molecule has 1 aliphatic rings. The average molecular weight is 351 g/mol. The van der Waals surface area contributed by atoms with Crippen LogP contribution < -0.4 is 10.6 Å². The fourth-order valence-corrected chi connectivity index (χ4v) is 2.71. The van der Waals surface area contributed by atoms with Gasteiger partial charge >= 0.3 is 5.70 Å². The molecule has 0 aromatic heterocycles. The van der Waals surface area contributed by atoms with E-state index >= 15 is 0 Å². The predicted octanol–water partition coefficient (Wildman–Crippen LogP) is 3.17. The first-order valence-corrected chi connectivity index (χ1v) is 8.45. The van der Waals surface area contributed by atoms with Crippen molar-refractivity contribution in [3.05, 3.63) is 31.8 Å². The summed E-state index contributed by atoms with van der Waals surface area (Å²) in [6, 6.07) is 0. The number of nitrogens with zero attached hydrogens (tertiary/aromatic N) is 2. The molecule has 0 atom stereocenters. The Morgan fingerprint density at radius 3 is 2.05 bits per heavy atom. The summed E-state index contributed by atoms with van der Waals surface area (Å²) in [6.45, 7) is 6.83. The monoisotopic (exact) mass is 350 g/mol. The standard InChI is InChI=1S/C14H24Cl2N4O2/c1-3-5-9-19(10-6-4-2)11(13(15)16)12(20(21)22)14-17-7-8-18-14/h17-18H,3-10H2,1-2H3. The molecular formula is C14H24Cl2N4O2. The van der Waals surface area contributed by atoms with Crippen molar-refractivity contribution in [2.45, 2.75) is 39.5 Å². The van der Waals surface area contributed by atoms with Gasteiger partial charge in [0.25, 0.3) is 0 Å². The van der Waals surface area contributed by atoms with Crippen LogP contribution in [-0.4, -0.2) is 36.0 Å². The van der Waals surface area contributed by atoms with E-state index in [4.69, 9.17) is 23.2 Å². The maximum Gasteiger partial charge on any atom is 0.334 e. The van der Waals surface area contributed by atoms with Gasteiger partial charge in [0, 0.05) is 26.2 Å². The first kappa shape index (κ1) is 18.9. The Bertz CT molecular complexity index is 432. The van der Waals surface area contributed by atoms with Crippen molar-refractivity contribution in [2.24, 2.45) is 0 Å². The van der Waals surface area contributed by atoms with E-state index in [1.807, 2.05) is 4.90 Å². The Hall–Kier alpha value is -1.14. The lowest BCUT2D eigenvalue weighted by atomic mass is 10.2. The van der Waals surface area contributed by atoms with Gasteiger partial charge in [-0.1, -0.05) is 49.9 Å². The predicted molar refractivity (Wildman–Crippen MR) is 90.1 cm³/mol. The van der Waals surface area contributed by atoms with Crippen molar-refractivity contribution in [1.82, 2.24) is 15.5 Å². The summed E-state index contributed by atoms with van der Waals surface area (Å²) < 4.78 is -0.0677. The highest BCUT2D eigenvalue weighted by Crippen LogP contribution is 2.28. The minimum Gasteiger partial charge on any atom is -0.364 e. The van der Waals surface area contributed by atoms with Crippen LogP contribution in [0.2, 0.25) is 0 Å². The van der Waals surface area contributed by atoms with E-state index in [9.17, 15) is 10.1 Å². The summed E-state index contributed by atoms with van der Waals surface area (Å²) in [5.74, 6) is 0.386. The second-order valence-electron chi connectivity index (χ2n) is 5.14. The van der Waals surface area contributed by atoms with Gasteiger partial charge in [0.2, 0.25) is 0 Å². The maximum atomic E-state index is 11.6. The molecule has 0 aromatic carbocycles. The van der Waals surface area contributed by atoms with Crippen molar-refractivity contribution in [3.63, 3.8) is 0 Å². The highest BCUT2D eigenvalue weighted by molar-refractivity contribution is 6.56. The molecule has 1 rings (SSSR count). The Balaban J connectivity index is 3.19. The van der Waals surface area contributed by atoms with Crippen molar-refractivity contribution in [3.8, 4) is 0 Å². The number of hydrogen-bond acceptors (Lipinski definition) is 5. The average Bonchev–Trinajstić information content (AvgIpc) is 2.98. The van der Waals surface area contributed by atoms with Crippen LogP contribution in [0.5, 0.6) is 0 Å². The molecule has 0 saturated carbocycles. The number of nitrogens with one attached hydrogen (secondary N) is 2. The summed E-state index contributed by atoms with van der Waals surface area (Å²) >= 11 is 12.0. The normalized spacial score (nSPS) is 13.4. The largest absolute Gasteiger partial charge is 0.364 e. The van der Waals surface area contributed by atoms with E-state index < -0.39 is 4.92 Å². The summed E-state index contributed by atoms with van der Waals surface area (Å²) in [7, 11) is 0.